The summed E-state index contributed by atoms with van der Waals surface area (Å²) in [6.07, 6.45) is 1.63. The molecule has 0 unspecified atom stereocenters. The number of hydrogen-bond donors (Lipinski definition) is 0. The molecule has 0 aliphatic carbocycles. The van der Waals surface area contributed by atoms with Gasteiger partial charge in [-0.3, -0.25) is 0 Å². The first kappa shape index (κ1) is 14.1. The number of aryl methyl sites for hydroxylation is 1. The van der Waals surface area contributed by atoms with Gasteiger partial charge in [-0.15, -0.1) is 0 Å². The van der Waals surface area contributed by atoms with Gasteiger partial charge in [0.15, 0.2) is 0 Å². The van der Waals surface area contributed by atoms with Crippen LogP contribution in [0.5, 0.6) is 11.6 Å². The standard InChI is InChI=1S/C16H15N3O3/c1-10-4-5-11(8-13(10)20-2)15-18-16(22-19-15)12-6-7-17-14(9-12)21-3/h4-9H,1-3H3. The van der Waals surface area contributed by atoms with Crippen LogP contribution >= 0.6 is 0 Å². The van der Waals surface area contributed by atoms with E-state index in [0.717, 1.165) is 22.4 Å². The van der Waals surface area contributed by atoms with E-state index in [0.29, 0.717) is 17.6 Å². The third-order valence-corrected chi connectivity index (χ3v) is 3.28. The minimum atomic E-state index is 0.412. The van der Waals surface area contributed by atoms with Crippen molar-refractivity contribution >= 4 is 0 Å². The molecular weight excluding hydrogens is 282 g/mol. The van der Waals surface area contributed by atoms with Crippen LogP contribution in [0, 0.1) is 6.92 Å². The third kappa shape index (κ3) is 2.63. The summed E-state index contributed by atoms with van der Waals surface area (Å²) in [4.78, 5) is 8.47. The van der Waals surface area contributed by atoms with E-state index in [9.17, 15) is 0 Å². The summed E-state index contributed by atoms with van der Waals surface area (Å²) in [5.41, 5.74) is 2.64. The number of hydrogen-bond acceptors (Lipinski definition) is 6. The zero-order chi connectivity index (χ0) is 15.5. The Morgan fingerprint density at radius 3 is 2.64 bits per heavy atom. The minimum Gasteiger partial charge on any atom is -0.496 e. The summed E-state index contributed by atoms with van der Waals surface area (Å²) in [5, 5.41) is 4.02. The summed E-state index contributed by atoms with van der Waals surface area (Å²) in [7, 11) is 3.20. The lowest BCUT2D eigenvalue weighted by molar-refractivity contribution is 0.397. The molecule has 0 atom stereocenters. The number of aromatic nitrogens is 3. The maximum Gasteiger partial charge on any atom is 0.258 e. The molecule has 0 amide bonds. The molecule has 0 bridgehead atoms. The topological polar surface area (TPSA) is 70.3 Å². The molecule has 6 heteroatoms. The number of pyridine rings is 1. The van der Waals surface area contributed by atoms with E-state index < -0.39 is 0 Å². The van der Waals surface area contributed by atoms with E-state index in [2.05, 4.69) is 15.1 Å². The summed E-state index contributed by atoms with van der Waals surface area (Å²) in [5.74, 6) is 2.20. The third-order valence-electron chi connectivity index (χ3n) is 3.28. The smallest absolute Gasteiger partial charge is 0.258 e. The Labute approximate surface area is 127 Å². The second-order valence-corrected chi connectivity index (χ2v) is 4.69. The Hall–Kier alpha value is -2.89. The lowest BCUT2D eigenvalue weighted by Crippen LogP contribution is -1.89. The van der Waals surface area contributed by atoms with Crippen molar-refractivity contribution in [1.29, 1.82) is 0 Å². The van der Waals surface area contributed by atoms with E-state index in [1.54, 1.807) is 32.5 Å². The van der Waals surface area contributed by atoms with Gasteiger partial charge in [0.1, 0.15) is 5.75 Å². The van der Waals surface area contributed by atoms with Crippen molar-refractivity contribution in [2.45, 2.75) is 6.92 Å². The van der Waals surface area contributed by atoms with Crippen molar-refractivity contribution in [3.05, 3.63) is 42.1 Å². The number of methoxy groups -OCH3 is 2. The van der Waals surface area contributed by atoms with Gasteiger partial charge in [-0.1, -0.05) is 17.3 Å². The van der Waals surface area contributed by atoms with Crippen LogP contribution in [-0.4, -0.2) is 29.3 Å². The monoisotopic (exact) mass is 297 g/mol. The second kappa shape index (κ2) is 5.85. The number of rotatable bonds is 4. The lowest BCUT2D eigenvalue weighted by Gasteiger charge is -2.04. The lowest BCUT2D eigenvalue weighted by atomic mass is 10.1. The van der Waals surface area contributed by atoms with Gasteiger partial charge in [-0.25, -0.2) is 4.98 Å². The molecule has 6 nitrogen and oxygen atoms in total. The maximum absolute atomic E-state index is 5.32. The zero-order valence-corrected chi connectivity index (χ0v) is 12.5. The Bertz CT molecular complexity index is 799. The van der Waals surface area contributed by atoms with Gasteiger partial charge < -0.3 is 14.0 Å². The largest absolute Gasteiger partial charge is 0.496 e. The van der Waals surface area contributed by atoms with Crippen molar-refractivity contribution in [1.82, 2.24) is 15.1 Å². The number of ether oxygens (including phenoxy) is 2. The van der Waals surface area contributed by atoms with Crippen LogP contribution in [0.3, 0.4) is 0 Å². The average molecular weight is 297 g/mol. The fourth-order valence-electron chi connectivity index (χ4n) is 2.07. The summed E-state index contributed by atoms with van der Waals surface area (Å²) in [6.45, 7) is 1.98. The molecular formula is C16H15N3O3. The van der Waals surface area contributed by atoms with E-state index in [1.807, 2.05) is 25.1 Å². The van der Waals surface area contributed by atoms with E-state index in [1.165, 1.54) is 0 Å². The van der Waals surface area contributed by atoms with Crippen LogP contribution in [0.4, 0.5) is 0 Å². The SMILES string of the molecule is COc1cc(-c2nc(-c3ccc(C)c(OC)c3)no2)ccn1. The van der Waals surface area contributed by atoms with Gasteiger partial charge in [-0.2, -0.15) is 4.98 Å². The molecule has 0 saturated carbocycles. The molecule has 112 valence electrons. The molecule has 3 rings (SSSR count). The molecule has 0 aliphatic rings. The summed E-state index contributed by atoms with van der Waals surface area (Å²) >= 11 is 0. The van der Waals surface area contributed by atoms with E-state index in [4.69, 9.17) is 14.0 Å². The van der Waals surface area contributed by atoms with Crippen LogP contribution in [-0.2, 0) is 0 Å². The molecule has 2 heterocycles. The summed E-state index contributed by atoms with van der Waals surface area (Å²) in [6, 6.07) is 9.30. The molecule has 0 N–H and O–H groups in total. The molecule has 0 radical (unpaired) electrons. The van der Waals surface area contributed by atoms with Crippen molar-refractivity contribution in [3.8, 4) is 34.5 Å². The van der Waals surface area contributed by atoms with Crippen molar-refractivity contribution in [3.63, 3.8) is 0 Å². The van der Waals surface area contributed by atoms with Crippen LogP contribution in [0.2, 0.25) is 0 Å². The first-order valence-electron chi connectivity index (χ1n) is 6.70. The highest BCUT2D eigenvalue weighted by molar-refractivity contribution is 5.62. The van der Waals surface area contributed by atoms with E-state index in [-0.39, 0.29) is 0 Å². The Balaban J connectivity index is 1.96. The predicted octanol–water partition coefficient (Wildman–Crippen LogP) is 3.12. The van der Waals surface area contributed by atoms with Crippen LogP contribution in [0.15, 0.2) is 41.1 Å². The summed E-state index contributed by atoms with van der Waals surface area (Å²) < 4.78 is 15.7. The quantitative estimate of drug-likeness (QED) is 0.737. The molecule has 2 aromatic heterocycles. The van der Waals surface area contributed by atoms with Gasteiger partial charge in [0.2, 0.25) is 11.7 Å². The highest BCUT2D eigenvalue weighted by Gasteiger charge is 2.12. The fraction of sp³-hybridized carbons (Fsp3) is 0.188. The van der Waals surface area contributed by atoms with Gasteiger partial charge in [-0.05, 0) is 24.6 Å². The number of nitrogens with zero attached hydrogens (tertiary/aromatic N) is 3. The van der Waals surface area contributed by atoms with Gasteiger partial charge >= 0.3 is 0 Å². The predicted molar refractivity (Wildman–Crippen MR) is 80.8 cm³/mol. The molecule has 0 saturated heterocycles. The molecule has 22 heavy (non-hydrogen) atoms. The molecule has 3 aromatic rings. The van der Waals surface area contributed by atoms with Gasteiger partial charge in [0.25, 0.3) is 5.89 Å². The van der Waals surface area contributed by atoms with Gasteiger partial charge in [0, 0.05) is 23.4 Å². The Morgan fingerprint density at radius 1 is 1.00 bits per heavy atom. The van der Waals surface area contributed by atoms with Crippen molar-refractivity contribution in [2.24, 2.45) is 0 Å². The van der Waals surface area contributed by atoms with Gasteiger partial charge in [0.05, 0.1) is 14.2 Å². The number of benzene rings is 1. The first-order valence-corrected chi connectivity index (χ1v) is 6.70. The van der Waals surface area contributed by atoms with Crippen LogP contribution in [0.1, 0.15) is 5.56 Å². The molecule has 0 aliphatic heterocycles. The minimum absolute atomic E-state index is 0.412. The van der Waals surface area contributed by atoms with Crippen LogP contribution in [0.25, 0.3) is 22.8 Å². The second-order valence-electron chi connectivity index (χ2n) is 4.69. The first-order chi connectivity index (χ1) is 10.7. The molecule has 0 fully saturated rings. The van der Waals surface area contributed by atoms with Crippen molar-refractivity contribution < 1.29 is 14.0 Å². The van der Waals surface area contributed by atoms with Crippen molar-refractivity contribution in [2.75, 3.05) is 14.2 Å². The zero-order valence-electron chi connectivity index (χ0n) is 12.5. The molecule has 1 aromatic carbocycles. The fourth-order valence-corrected chi connectivity index (χ4v) is 2.07. The normalized spacial score (nSPS) is 10.5. The van der Waals surface area contributed by atoms with E-state index >= 15 is 0 Å². The molecule has 0 spiro atoms. The average Bonchev–Trinajstić information content (AvgIpc) is 3.05. The maximum atomic E-state index is 5.32. The highest BCUT2D eigenvalue weighted by Crippen LogP contribution is 2.27. The highest BCUT2D eigenvalue weighted by atomic mass is 16.5. The Morgan fingerprint density at radius 2 is 1.86 bits per heavy atom. The Kier molecular flexibility index (Phi) is 3.74. The van der Waals surface area contributed by atoms with Crippen LogP contribution < -0.4 is 9.47 Å².